The lowest BCUT2D eigenvalue weighted by atomic mass is 10.1. The molecule has 1 N–H and O–H groups in total. The summed E-state index contributed by atoms with van der Waals surface area (Å²) in [6.07, 6.45) is 1.70. The molecule has 0 aliphatic carbocycles. The first kappa shape index (κ1) is 14.0. The first-order chi connectivity index (χ1) is 9.63. The Labute approximate surface area is 116 Å². The number of aromatic nitrogens is 1. The normalized spacial score (nSPS) is 11.7. The predicted octanol–water partition coefficient (Wildman–Crippen LogP) is 3.17. The Morgan fingerprint density at radius 3 is 2.70 bits per heavy atom. The van der Waals surface area contributed by atoms with Crippen molar-refractivity contribution in [2.45, 2.75) is 13.0 Å². The van der Waals surface area contributed by atoms with E-state index in [4.69, 9.17) is 10.00 Å². The maximum atomic E-state index is 13.4. The maximum Gasteiger partial charge on any atom is 0.219 e. The molecule has 0 saturated carbocycles. The molecule has 0 amide bonds. The van der Waals surface area contributed by atoms with Gasteiger partial charge in [-0.3, -0.25) is 0 Å². The Morgan fingerprint density at radius 2 is 2.15 bits per heavy atom. The zero-order chi connectivity index (χ0) is 14.5. The molecule has 1 unspecified atom stereocenters. The van der Waals surface area contributed by atoms with Crippen LogP contribution < -0.4 is 10.1 Å². The SMILES string of the molecule is CNC(C)c1ccc(Oc2ccc(C#N)c(F)c2)nc1. The summed E-state index contributed by atoms with van der Waals surface area (Å²) in [5.74, 6) is 0.0787. The van der Waals surface area contributed by atoms with Crippen LogP contribution in [0.3, 0.4) is 0 Å². The van der Waals surface area contributed by atoms with Crippen molar-refractivity contribution in [2.24, 2.45) is 0 Å². The molecular weight excluding hydrogens is 257 g/mol. The number of halogens is 1. The summed E-state index contributed by atoms with van der Waals surface area (Å²) in [5, 5.41) is 11.8. The molecule has 0 spiro atoms. The third-order valence-corrected chi connectivity index (χ3v) is 2.98. The smallest absolute Gasteiger partial charge is 0.219 e. The summed E-state index contributed by atoms with van der Waals surface area (Å²) in [6, 6.07) is 9.65. The van der Waals surface area contributed by atoms with Crippen molar-refractivity contribution in [3.05, 3.63) is 53.5 Å². The number of nitriles is 1. The largest absolute Gasteiger partial charge is 0.439 e. The minimum atomic E-state index is -0.606. The molecule has 2 aromatic rings. The molecule has 20 heavy (non-hydrogen) atoms. The quantitative estimate of drug-likeness (QED) is 0.928. The predicted molar refractivity (Wildman–Crippen MR) is 72.9 cm³/mol. The second kappa shape index (κ2) is 6.13. The minimum Gasteiger partial charge on any atom is -0.439 e. The number of ether oxygens (including phenoxy) is 1. The summed E-state index contributed by atoms with van der Waals surface area (Å²) in [5.41, 5.74) is 1.02. The van der Waals surface area contributed by atoms with E-state index in [0.29, 0.717) is 11.6 Å². The maximum absolute atomic E-state index is 13.4. The highest BCUT2D eigenvalue weighted by molar-refractivity contribution is 5.37. The van der Waals surface area contributed by atoms with Crippen molar-refractivity contribution >= 4 is 0 Å². The van der Waals surface area contributed by atoms with E-state index in [1.807, 2.05) is 20.0 Å². The summed E-state index contributed by atoms with van der Waals surface area (Å²) < 4.78 is 18.9. The molecule has 0 radical (unpaired) electrons. The number of hydrogen-bond donors (Lipinski definition) is 1. The van der Waals surface area contributed by atoms with Gasteiger partial charge in [-0.2, -0.15) is 5.26 Å². The number of hydrogen-bond acceptors (Lipinski definition) is 4. The molecule has 0 saturated heterocycles. The van der Waals surface area contributed by atoms with Crippen molar-refractivity contribution in [1.82, 2.24) is 10.3 Å². The number of pyridine rings is 1. The fraction of sp³-hybridized carbons (Fsp3) is 0.200. The fourth-order valence-corrected chi connectivity index (χ4v) is 1.65. The van der Waals surface area contributed by atoms with Crippen LogP contribution in [0.5, 0.6) is 11.6 Å². The standard InChI is InChI=1S/C15H14FN3O/c1-10(18-2)12-4-6-15(19-9-12)20-13-5-3-11(8-17)14(16)7-13/h3-7,9-10,18H,1-2H3. The Morgan fingerprint density at radius 1 is 1.35 bits per heavy atom. The van der Waals surface area contributed by atoms with E-state index in [1.54, 1.807) is 18.3 Å². The second-order valence-electron chi connectivity index (χ2n) is 4.30. The van der Waals surface area contributed by atoms with E-state index >= 15 is 0 Å². The third kappa shape index (κ3) is 3.11. The van der Waals surface area contributed by atoms with Gasteiger partial charge in [-0.05, 0) is 31.7 Å². The van der Waals surface area contributed by atoms with E-state index < -0.39 is 5.82 Å². The minimum absolute atomic E-state index is 0.0106. The van der Waals surface area contributed by atoms with Crippen molar-refractivity contribution in [1.29, 1.82) is 5.26 Å². The van der Waals surface area contributed by atoms with Crippen LogP contribution in [0, 0.1) is 17.1 Å². The van der Waals surface area contributed by atoms with E-state index in [2.05, 4.69) is 10.3 Å². The summed E-state index contributed by atoms with van der Waals surface area (Å²) in [4.78, 5) is 4.17. The highest BCUT2D eigenvalue weighted by Gasteiger charge is 2.06. The monoisotopic (exact) mass is 271 g/mol. The van der Waals surface area contributed by atoms with Gasteiger partial charge in [-0.25, -0.2) is 9.37 Å². The van der Waals surface area contributed by atoms with Gasteiger partial charge in [0.25, 0.3) is 0 Å². The van der Waals surface area contributed by atoms with Crippen LogP contribution in [0.25, 0.3) is 0 Å². The Kier molecular flexibility index (Phi) is 4.28. The Bertz CT molecular complexity index is 635. The molecule has 4 nitrogen and oxygen atoms in total. The Balaban J connectivity index is 2.14. The van der Waals surface area contributed by atoms with E-state index in [0.717, 1.165) is 5.56 Å². The van der Waals surface area contributed by atoms with Gasteiger partial charge in [0.15, 0.2) is 0 Å². The molecule has 1 aromatic carbocycles. The molecule has 1 aromatic heterocycles. The lowest BCUT2D eigenvalue weighted by Crippen LogP contribution is -2.12. The molecule has 1 heterocycles. The third-order valence-electron chi connectivity index (χ3n) is 2.98. The lowest BCUT2D eigenvalue weighted by Gasteiger charge is -2.10. The second-order valence-corrected chi connectivity index (χ2v) is 4.30. The summed E-state index contributed by atoms with van der Waals surface area (Å²) >= 11 is 0. The zero-order valence-corrected chi connectivity index (χ0v) is 11.2. The molecule has 1 atom stereocenters. The van der Waals surface area contributed by atoms with Crippen LogP contribution in [0.15, 0.2) is 36.5 Å². The molecule has 2 rings (SSSR count). The van der Waals surface area contributed by atoms with Crippen LogP contribution in [-0.2, 0) is 0 Å². The van der Waals surface area contributed by atoms with Gasteiger partial charge >= 0.3 is 0 Å². The molecule has 5 heteroatoms. The molecule has 0 fully saturated rings. The zero-order valence-electron chi connectivity index (χ0n) is 11.2. The van der Waals surface area contributed by atoms with Crippen LogP contribution in [-0.4, -0.2) is 12.0 Å². The number of rotatable bonds is 4. The van der Waals surface area contributed by atoms with Gasteiger partial charge in [0, 0.05) is 24.4 Å². The van der Waals surface area contributed by atoms with E-state index in [-0.39, 0.29) is 11.6 Å². The molecule has 102 valence electrons. The van der Waals surface area contributed by atoms with Crippen LogP contribution in [0.4, 0.5) is 4.39 Å². The van der Waals surface area contributed by atoms with Gasteiger partial charge in [0.05, 0.1) is 5.56 Å². The highest BCUT2D eigenvalue weighted by Crippen LogP contribution is 2.22. The number of benzene rings is 1. The number of nitrogens with one attached hydrogen (secondary N) is 1. The number of nitrogens with zero attached hydrogens (tertiary/aromatic N) is 2. The van der Waals surface area contributed by atoms with Crippen LogP contribution >= 0.6 is 0 Å². The first-order valence-electron chi connectivity index (χ1n) is 6.14. The van der Waals surface area contributed by atoms with Crippen LogP contribution in [0.1, 0.15) is 24.1 Å². The van der Waals surface area contributed by atoms with E-state index in [1.165, 1.54) is 18.2 Å². The van der Waals surface area contributed by atoms with Gasteiger partial charge in [-0.1, -0.05) is 6.07 Å². The fourth-order valence-electron chi connectivity index (χ4n) is 1.65. The highest BCUT2D eigenvalue weighted by atomic mass is 19.1. The topological polar surface area (TPSA) is 57.9 Å². The molecule has 0 aliphatic rings. The van der Waals surface area contributed by atoms with E-state index in [9.17, 15) is 4.39 Å². The molecule has 0 aliphatic heterocycles. The average molecular weight is 271 g/mol. The van der Waals surface area contributed by atoms with Gasteiger partial charge in [-0.15, -0.1) is 0 Å². The van der Waals surface area contributed by atoms with Crippen molar-refractivity contribution in [2.75, 3.05) is 7.05 Å². The van der Waals surface area contributed by atoms with Crippen molar-refractivity contribution < 1.29 is 9.13 Å². The first-order valence-corrected chi connectivity index (χ1v) is 6.14. The van der Waals surface area contributed by atoms with Gasteiger partial charge < -0.3 is 10.1 Å². The van der Waals surface area contributed by atoms with Crippen molar-refractivity contribution in [3.8, 4) is 17.7 Å². The summed E-state index contributed by atoms with van der Waals surface area (Å²) in [6.45, 7) is 2.02. The summed E-state index contributed by atoms with van der Waals surface area (Å²) in [7, 11) is 1.87. The van der Waals surface area contributed by atoms with Crippen molar-refractivity contribution in [3.63, 3.8) is 0 Å². The molecule has 0 bridgehead atoms. The Hall–Kier alpha value is -2.45. The van der Waals surface area contributed by atoms with Gasteiger partial charge in [0.1, 0.15) is 17.6 Å². The molecular formula is C15H14FN3O. The lowest BCUT2D eigenvalue weighted by molar-refractivity contribution is 0.457. The van der Waals surface area contributed by atoms with Gasteiger partial charge in [0.2, 0.25) is 5.88 Å². The van der Waals surface area contributed by atoms with Crippen LogP contribution in [0.2, 0.25) is 0 Å². The average Bonchev–Trinajstić information content (AvgIpc) is 2.47.